The SMILES string of the molecule is Cn1c(Nc2cc(C(F)(F)F)cn([C@H]3C[C@H](O)C3)c2=O)nc2ncc(Oc3cnn4ccccc34)c(C#N)c21. The third-order valence-corrected chi connectivity index (χ3v) is 6.69. The number of anilines is 2. The lowest BCUT2D eigenvalue weighted by Gasteiger charge is -2.33. The van der Waals surface area contributed by atoms with Gasteiger partial charge in [0.05, 0.1) is 24.1 Å². The number of ether oxygens (including phenoxy) is 1. The number of hydrogen-bond donors (Lipinski definition) is 2. The molecule has 1 aliphatic rings. The standard InChI is InChI=1S/C25H19F3N8O3/c1-34-21-16(9-29)19(39-20-11-31-36-5-3-2-4-18(20)36)10-30-22(21)33-24(34)32-17-6-13(25(26,27)28)12-35(23(17)38)14-7-15(37)8-14/h2-6,10-12,14-15,37H,7-8H2,1H3,(H,30,32,33)/t14-,15-. The number of halogens is 3. The van der Waals surface area contributed by atoms with Crippen molar-refractivity contribution in [2.24, 2.45) is 7.05 Å². The number of aliphatic hydroxyl groups is 1. The first-order valence-corrected chi connectivity index (χ1v) is 11.8. The van der Waals surface area contributed by atoms with E-state index in [0.717, 1.165) is 10.8 Å². The first kappa shape index (κ1) is 24.4. The molecule has 0 radical (unpaired) electrons. The molecule has 2 N–H and O–H groups in total. The minimum Gasteiger partial charge on any atom is -0.450 e. The van der Waals surface area contributed by atoms with E-state index in [0.29, 0.717) is 17.3 Å². The van der Waals surface area contributed by atoms with E-state index in [2.05, 4.69) is 26.5 Å². The Morgan fingerprint density at radius 3 is 2.74 bits per heavy atom. The molecule has 0 unspecified atom stereocenters. The number of hydrogen-bond acceptors (Lipinski definition) is 8. The molecule has 39 heavy (non-hydrogen) atoms. The summed E-state index contributed by atoms with van der Waals surface area (Å²) < 4.78 is 50.9. The summed E-state index contributed by atoms with van der Waals surface area (Å²) in [6.07, 6.45) is 0.303. The lowest BCUT2D eigenvalue weighted by atomic mass is 9.89. The number of fused-ring (bicyclic) bond motifs is 2. The van der Waals surface area contributed by atoms with Gasteiger partial charge < -0.3 is 24.3 Å². The smallest absolute Gasteiger partial charge is 0.417 e. The average Bonchev–Trinajstić information content (AvgIpc) is 3.43. The Balaban J connectivity index is 1.41. The largest absolute Gasteiger partial charge is 0.450 e. The van der Waals surface area contributed by atoms with Crippen molar-refractivity contribution in [1.82, 2.24) is 28.7 Å². The van der Waals surface area contributed by atoms with Crippen LogP contribution < -0.4 is 15.6 Å². The van der Waals surface area contributed by atoms with E-state index in [1.807, 2.05) is 6.07 Å². The van der Waals surface area contributed by atoms with Crippen molar-refractivity contribution in [3.05, 3.63) is 70.5 Å². The topological polar surface area (TPSA) is 135 Å². The molecule has 14 heteroatoms. The highest BCUT2D eigenvalue weighted by molar-refractivity contribution is 5.84. The van der Waals surface area contributed by atoms with Gasteiger partial charge in [-0.3, -0.25) is 4.79 Å². The van der Waals surface area contributed by atoms with Crippen LogP contribution in [0.15, 0.2) is 53.8 Å². The predicted molar refractivity (Wildman–Crippen MR) is 132 cm³/mol. The Labute approximate surface area is 217 Å². The van der Waals surface area contributed by atoms with Gasteiger partial charge in [-0.1, -0.05) is 6.07 Å². The van der Waals surface area contributed by atoms with Crippen LogP contribution in [-0.2, 0) is 13.2 Å². The molecule has 11 nitrogen and oxygen atoms in total. The van der Waals surface area contributed by atoms with Crippen molar-refractivity contribution in [3.63, 3.8) is 0 Å². The summed E-state index contributed by atoms with van der Waals surface area (Å²) in [7, 11) is 1.54. The molecule has 0 aliphatic heterocycles. The third kappa shape index (κ3) is 4.12. The Morgan fingerprint density at radius 1 is 1.23 bits per heavy atom. The molecule has 1 saturated carbocycles. The molecule has 0 bridgehead atoms. The number of nitriles is 1. The first-order chi connectivity index (χ1) is 18.6. The van der Waals surface area contributed by atoms with Crippen LogP contribution in [0.4, 0.5) is 24.8 Å². The van der Waals surface area contributed by atoms with Crippen LogP contribution in [0.1, 0.15) is 30.0 Å². The summed E-state index contributed by atoms with van der Waals surface area (Å²) in [5, 5.41) is 26.5. The number of nitrogens with one attached hydrogen (secondary N) is 1. The van der Waals surface area contributed by atoms with Gasteiger partial charge in [0, 0.05) is 25.5 Å². The quantitative estimate of drug-likeness (QED) is 0.345. The molecule has 0 aromatic carbocycles. The number of imidazole rings is 1. The van der Waals surface area contributed by atoms with Crippen LogP contribution in [0.5, 0.6) is 11.5 Å². The minimum atomic E-state index is -4.71. The van der Waals surface area contributed by atoms with E-state index >= 15 is 0 Å². The number of aryl methyl sites for hydroxylation is 1. The lowest BCUT2D eigenvalue weighted by Crippen LogP contribution is -2.37. The molecule has 6 rings (SSSR count). The number of nitrogens with zero attached hydrogens (tertiary/aromatic N) is 7. The zero-order chi connectivity index (χ0) is 27.5. The van der Waals surface area contributed by atoms with Gasteiger partial charge in [-0.15, -0.1) is 0 Å². The van der Waals surface area contributed by atoms with Crippen LogP contribution in [0.25, 0.3) is 16.7 Å². The van der Waals surface area contributed by atoms with E-state index < -0.39 is 29.4 Å². The number of pyridine rings is 3. The summed E-state index contributed by atoms with van der Waals surface area (Å²) >= 11 is 0. The van der Waals surface area contributed by atoms with Crippen molar-refractivity contribution in [2.75, 3.05) is 5.32 Å². The zero-order valence-electron chi connectivity index (χ0n) is 20.2. The molecule has 5 heterocycles. The second-order valence-electron chi connectivity index (χ2n) is 9.17. The summed E-state index contributed by atoms with van der Waals surface area (Å²) in [6.45, 7) is 0. The molecular formula is C25H19F3N8O3. The summed E-state index contributed by atoms with van der Waals surface area (Å²) in [4.78, 5) is 21.7. The van der Waals surface area contributed by atoms with Crippen molar-refractivity contribution in [2.45, 2.75) is 31.2 Å². The second-order valence-corrected chi connectivity index (χ2v) is 9.17. The summed E-state index contributed by atoms with van der Waals surface area (Å²) in [5.41, 5.74) is -0.952. The number of aromatic nitrogens is 6. The fraction of sp³-hybridized carbons (Fsp3) is 0.240. The predicted octanol–water partition coefficient (Wildman–Crippen LogP) is 3.90. The molecule has 5 aromatic rings. The van der Waals surface area contributed by atoms with Gasteiger partial charge >= 0.3 is 6.18 Å². The first-order valence-electron chi connectivity index (χ1n) is 11.8. The normalized spacial score (nSPS) is 17.2. The number of alkyl halides is 3. The maximum Gasteiger partial charge on any atom is 0.417 e. The van der Waals surface area contributed by atoms with E-state index in [1.54, 1.807) is 22.8 Å². The van der Waals surface area contributed by atoms with Crippen molar-refractivity contribution in [1.29, 1.82) is 5.26 Å². The highest BCUT2D eigenvalue weighted by Gasteiger charge is 2.36. The monoisotopic (exact) mass is 536 g/mol. The van der Waals surface area contributed by atoms with E-state index in [9.17, 15) is 28.3 Å². The maximum absolute atomic E-state index is 13.6. The number of rotatable bonds is 5. The van der Waals surface area contributed by atoms with Crippen LogP contribution in [0.2, 0.25) is 0 Å². The van der Waals surface area contributed by atoms with E-state index in [4.69, 9.17) is 4.74 Å². The minimum absolute atomic E-state index is 0.00116. The molecule has 0 amide bonds. The Hall–Kier alpha value is -4.90. The molecule has 0 atom stereocenters. The fourth-order valence-electron chi connectivity index (χ4n) is 4.58. The van der Waals surface area contributed by atoms with Gasteiger partial charge in [0.2, 0.25) is 5.95 Å². The van der Waals surface area contributed by atoms with Gasteiger partial charge in [0.15, 0.2) is 17.1 Å². The highest BCUT2D eigenvalue weighted by Crippen LogP contribution is 2.36. The molecule has 1 fully saturated rings. The van der Waals surface area contributed by atoms with Gasteiger partial charge in [-0.05, 0) is 31.0 Å². The van der Waals surface area contributed by atoms with Gasteiger partial charge in [0.25, 0.3) is 5.56 Å². The van der Waals surface area contributed by atoms with Gasteiger partial charge in [-0.25, -0.2) is 9.50 Å². The molecule has 198 valence electrons. The fourth-order valence-corrected chi connectivity index (χ4v) is 4.58. The summed E-state index contributed by atoms with van der Waals surface area (Å²) in [5.74, 6) is 0.515. The van der Waals surface area contributed by atoms with Crippen molar-refractivity contribution in [3.8, 4) is 17.6 Å². The lowest BCUT2D eigenvalue weighted by molar-refractivity contribution is -0.138. The van der Waals surface area contributed by atoms with Crippen molar-refractivity contribution >= 4 is 28.3 Å². The molecule has 0 saturated heterocycles. The second kappa shape index (κ2) is 8.84. The zero-order valence-corrected chi connectivity index (χ0v) is 20.2. The van der Waals surface area contributed by atoms with E-state index in [1.165, 1.54) is 24.0 Å². The summed E-state index contributed by atoms with van der Waals surface area (Å²) in [6, 6.07) is 7.65. The van der Waals surface area contributed by atoms with Crippen molar-refractivity contribution < 1.29 is 23.0 Å². The van der Waals surface area contributed by atoms with Gasteiger partial charge in [-0.2, -0.15) is 28.5 Å². The highest BCUT2D eigenvalue weighted by atomic mass is 19.4. The van der Waals surface area contributed by atoms with Crippen LogP contribution in [-0.4, -0.2) is 39.9 Å². The van der Waals surface area contributed by atoms with Crippen LogP contribution in [0, 0.1) is 11.3 Å². The van der Waals surface area contributed by atoms with E-state index in [-0.39, 0.29) is 47.0 Å². The molecule has 0 spiro atoms. The Kier molecular flexibility index (Phi) is 5.54. The molecule has 1 aliphatic carbocycles. The third-order valence-electron chi connectivity index (χ3n) is 6.69. The molecule has 5 aromatic heterocycles. The average molecular weight is 536 g/mol. The maximum atomic E-state index is 13.6. The van der Waals surface area contributed by atoms with Gasteiger partial charge in [0.1, 0.15) is 28.4 Å². The van der Waals surface area contributed by atoms with Crippen LogP contribution >= 0.6 is 0 Å². The number of aliphatic hydroxyl groups excluding tert-OH is 1. The Bertz CT molecular complexity index is 1840. The molecular weight excluding hydrogens is 517 g/mol. The Morgan fingerprint density at radius 2 is 2.03 bits per heavy atom. The van der Waals surface area contributed by atoms with Crippen LogP contribution in [0.3, 0.4) is 0 Å².